The van der Waals surface area contributed by atoms with Crippen molar-refractivity contribution in [1.82, 2.24) is 9.55 Å². The number of carbonyl (C=O) groups is 1. The topological polar surface area (TPSA) is 92.2 Å². The first kappa shape index (κ1) is 11.7. The van der Waals surface area contributed by atoms with Crippen LogP contribution in [0.1, 0.15) is 30.1 Å². The molecule has 0 amide bonds. The highest BCUT2D eigenvalue weighted by Crippen LogP contribution is 2.42. The predicted molar refractivity (Wildman–Crippen MR) is 68.7 cm³/mol. The zero-order valence-electron chi connectivity index (χ0n) is 10.3. The minimum absolute atomic E-state index is 0.0944. The predicted octanol–water partition coefficient (Wildman–Crippen LogP) is 0.897. The first-order valence-electron chi connectivity index (χ1n) is 5.95. The lowest BCUT2D eigenvalue weighted by Crippen LogP contribution is -2.40. The summed E-state index contributed by atoms with van der Waals surface area (Å²) >= 11 is 0. The molecule has 98 valence electrons. The van der Waals surface area contributed by atoms with Crippen molar-refractivity contribution in [2.75, 3.05) is 0 Å². The van der Waals surface area contributed by atoms with Crippen LogP contribution in [0.3, 0.4) is 0 Å². The van der Waals surface area contributed by atoms with E-state index in [1.165, 1.54) is 22.8 Å². The summed E-state index contributed by atoms with van der Waals surface area (Å²) < 4.78 is 1.42. The molecule has 0 atom stereocenters. The van der Waals surface area contributed by atoms with Crippen LogP contribution in [-0.4, -0.2) is 20.6 Å². The van der Waals surface area contributed by atoms with Gasteiger partial charge in [0.05, 0.1) is 16.6 Å². The van der Waals surface area contributed by atoms with E-state index in [4.69, 9.17) is 5.11 Å². The van der Waals surface area contributed by atoms with Gasteiger partial charge in [-0.15, -0.1) is 0 Å². The van der Waals surface area contributed by atoms with Gasteiger partial charge in [0, 0.05) is 5.54 Å². The summed E-state index contributed by atoms with van der Waals surface area (Å²) in [4.78, 5) is 37.2. The SMILES string of the molecule is CC1(n2c(=O)c(=O)[nH]c3ccc(C(=O)O)cc32)CC1. The van der Waals surface area contributed by atoms with E-state index in [1.807, 2.05) is 6.92 Å². The average molecular weight is 260 g/mol. The standard InChI is InChI=1S/C13H12N2O4/c1-13(4-5-13)15-9-6-7(12(18)19)2-3-8(9)14-10(16)11(15)17/h2-3,6H,4-5H2,1H3,(H,14,16)(H,18,19). The van der Waals surface area contributed by atoms with Gasteiger partial charge in [0.1, 0.15) is 0 Å². The number of aromatic carboxylic acids is 1. The maximum atomic E-state index is 12.0. The lowest BCUT2D eigenvalue weighted by Gasteiger charge is -2.16. The maximum absolute atomic E-state index is 12.0. The van der Waals surface area contributed by atoms with Crippen molar-refractivity contribution in [3.63, 3.8) is 0 Å². The van der Waals surface area contributed by atoms with Gasteiger partial charge in [-0.25, -0.2) is 4.79 Å². The second kappa shape index (κ2) is 3.57. The quantitative estimate of drug-likeness (QED) is 0.784. The van der Waals surface area contributed by atoms with Crippen molar-refractivity contribution in [3.05, 3.63) is 44.5 Å². The van der Waals surface area contributed by atoms with E-state index < -0.39 is 17.1 Å². The molecule has 1 fully saturated rings. The first-order chi connectivity index (χ1) is 8.92. The third-order valence-corrected chi connectivity index (χ3v) is 3.64. The largest absolute Gasteiger partial charge is 0.478 e. The number of H-pyrrole nitrogens is 1. The average Bonchev–Trinajstić information content (AvgIpc) is 3.08. The lowest BCUT2D eigenvalue weighted by molar-refractivity contribution is 0.0697. The molecule has 1 saturated carbocycles. The van der Waals surface area contributed by atoms with Gasteiger partial charge in [-0.3, -0.25) is 14.2 Å². The molecule has 19 heavy (non-hydrogen) atoms. The van der Waals surface area contributed by atoms with Crippen molar-refractivity contribution in [1.29, 1.82) is 0 Å². The van der Waals surface area contributed by atoms with Gasteiger partial charge in [0.25, 0.3) is 0 Å². The number of carboxylic acids is 1. The molecule has 6 heteroatoms. The third-order valence-electron chi connectivity index (χ3n) is 3.64. The highest BCUT2D eigenvalue weighted by atomic mass is 16.4. The van der Waals surface area contributed by atoms with E-state index in [0.29, 0.717) is 11.0 Å². The molecule has 0 saturated heterocycles. The molecule has 0 unspecified atom stereocenters. The number of benzene rings is 1. The summed E-state index contributed by atoms with van der Waals surface area (Å²) in [5, 5.41) is 9.02. The molecular weight excluding hydrogens is 248 g/mol. The number of nitrogens with zero attached hydrogens (tertiary/aromatic N) is 1. The molecule has 1 aliphatic carbocycles. The molecule has 1 aliphatic rings. The Morgan fingerprint density at radius 1 is 1.37 bits per heavy atom. The normalized spacial score (nSPS) is 16.5. The Labute approximate surface area is 107 Å². The highest BCUT2D eigenvalue weighted by Gasteiger charge is 2.41. The Kier molecular flexibility index (Phi) is 2.20. The summed E-state index contributed by atoms with van der Waals surface area (Å²) in [6.07, 6.45) is 1.62. The van der Waals surface area contributed by atoms with E-state index in [9.17, 15) is 14.4 Å². The number of nitrogens with one attached hydrogen (secondary N) is 1. The van der Waals surface area contributed by atoms with Crippen molar-refractivity contribution >= 4 is 17.0 Å². The molecule has 0 bridgehead atoms. The van der Waals surface area contributed by atoms with Gasteiger partial charge in [0.15, 0.2) is 0 Å². The van der Waals surface area contributed by atoms with Gasteiger partial charge in [0.2, 0.25) is 0 Å². The maximum Gasteiger partial charge on any atom is 0.335 e. The molecular formula is C13H12N2O4. The second-order valence-corrected chi connectivity index (χ2v) is 5.13. The van der Waals surface area contributed by atoms with Crippen molar-refractivity contribution in [2.24, 2.45) is 0 Å². The van der Waals surface area contributed by atoms with Crippen LogP contribution in [-0.2, 0) is 5.54 Å². The zero-order valence-corrected chi connectivity index (χ0v) is 10.3. The lowest BCUT2D eigenvalue weighted by atomic mass is 10.1. The van der Waals surface area contributed by atoms with Crippen LogP contribution in [0.4, 0.5) is 0 Å². The van der Waals surface area contributed by atoms with Crippen LogP contribution in [0.15, 0.2) is 27.8 Å². The van der Waals surface area contributed by atoms with E-state index >= 15 is 0 Å². The minimum atomic E-state index is -1.06. The number of aromatic nitrogens is 2. The van der Waals surface area contributed by atoms with Gasteiger partial charge in [-0.1, -0.05) is 0 Å². The molecule has 2 aromatic rings. The molecule has 1 aromatic heterocycles. The van der Waals surface area contributed by atoms with Crippen LogP contribution in [0, 0.1) is 0 Å². The fourth-order valence-corrected chi connectivity index (χ4v) is 2.28. The number of rotatable bonds is 2. The molecule has 3 rings (SSSR count). The number of aromatic amines is 1. The van der Waals surface area contributed by atoms with Gasteiger partial charge in [-0.2, -0.15) is 0 Å². The summed E-state index contributed by atoms with van der Waals surface area (Å²) in [5.74, 6) is -1.06. The van der Waals surface area contributed by atoms with Crippen LogP contribution in [0.5, 0.6) is 0 Å². The fraction of sp³-hybridized carbons (Fsp3) is 0.308. The smallest absolute Gasteiger partial charge is 0.335 e. The Morgan fingerprint density at radius 2 is 2.05 bits per heavy atom. The third kappa shape index (κ3) is 1.68. The number of carboxylic acid groups (broad SMARTS) is 1. The monoisotopic (exact) mass is 260 g/mol. The van der Waals surface area contributed by atoms with Crippen LogP contribution >= 0.6 is 0 Å². The van der Waals surface area contributed by atoms with Gasteiger partial charge >= 0.3 is 17.1 Å². The Morgan fingerprint density at radius 3 is 2.63 bits per heavy atom. The van der Waals surface area contributed by atoms with Gasteiger partial charge < -0.3 is 10.1 Å². The van der Waals surface area contributed by atoms with Crippen molar-refractivity contribution in [3.8, 4) is 0 Å². The van der Waals surface area contributed by atoms with Crippen LogP contribution < -0.4 is 11.1 Å². The first-order valence-corrected chi connectivity index (χ1v) is 5.95. The summed E-state index contributed by atoms with van der Waals surface area (Å²) in [7, 11) is 0. The molecule has 0 radical (unpaired) electrons. The van der Waals surface area contributed by atoms with Gasteiger partial charge in [-0.05, 0) is 38.0 Å². The zero-order chi connectivity index (χ0) is 13.8. The Balaban J connectivity index is 2.46. The van der Waals surface area contributed by atoms with E-state index in [1.54, 1.807) is 0 Å². The second-order valence-electron chi connectivity index (χ2n) is 5.13. The fourth-order valence-electron chi connectivity index (χ4n) is 2.28. The number of fused-ring (bicyclic) bond motifs is 1. The van der Waals surface area contributed by atoms with Crippen LogP contribution in [0.2, 0.25) is 0 Å². The van der Waals surface area contributed by atoms with E-state index in [-0.39, 0.29) is 11.1 Å². The van der Waals surface area contributed by atoms with Crippen molar-refractivity contribution in [2.45, 2.75) is 25.3 Å². The molecule has 1 aromatic carbocycles. The Hall–Kier alpha value is -2.37. The summed E-state index contributed by atoms with van der Waals surface area (Å²) in [6.45, 7) is 1.89. The van der Waals surface area contributed by atoms with Crippen molar-refractivity contribution < 1.29 is 9.90 Å². The molecule has 1 heterocycles. The molecule has 2 N–H and O–H groups in total. The molecule has 0 aliphatic heterocycles. The Bertz CT molecular complexity index is 811. The summed E-state index contributed by atoms with van der Waals surface area (Å²) in [5.41, 5.74) is -0.649. The van der Waals surface area contributed by atoms with E-state index in [2.05, 4.69) is 4.98 Å². The van der Waals surface area contributed by atoms with E-state index in [0.717, 1.165) is 12.8 Å². The van der Waals surface area contributed by atoms with Crippen LogP contribution in [0.25, 0.3) is 11.0 Å². The number of hydrogen-bond donors (Lipinski definition) is 2. The summed E-state index contributed by atoms with van der Waals surface area (Å²) in [6, 6.07) is 4.35. The highest BCUT2D eigenvalue weighted by molar-refractivity contribution is 5.92. The number of hydrogen-bond acceptors (Lipinski definition) is 3. The molecule has 0 spiro atoms. The molecule has 6 nitrogen and oxygen atoms in total. The minimum Gasteiger partial charge on any atom is -0.478 e.